The average Bonchev–Trinajstić information content (AvgIpc) is 2.49. The van der Waals surface area contributed by atoms with Crippen LogP contribution < -0.4 is 0 Å². The normalized spacial score (nSPS) is 10.4. The summed E-state index contributed by atoms with van der Waals surface area (Å²) in [5, 5.41) is 0. The van der Waals surface area contributed by atoms with Crippen LogP contribution in [0.3, 0.4) is 0 Å². The van der Waals surface area contributed by atoms with E-state index in [1.54, 1.807) is 18.5 Å². The summed E-state index contributed by atoms with van der Waals surface area (Å²) in [6.45, 7) is 0. The molecule has 0 bridgehead atoms. The zero-order valence-electron chi connectivity index (χ0n) is 10.3. The van der Waals surface area contributed by atoms with Crippen molar-refractivity contribution < 1.29 is 4.39 Å². The van der Waals surface area contributed by atoms with Crippen LogP contribution in [-0.4, -0.2) is 4.98 Å². The van der Waals surface area contributed by atoms with Gasteiger partial charge in [0.05, 0.1) is 0 Å². The Balaban J connectivity index is 2.04. The topological polar surface area (TPSA) is 12.9 Å². The van der Waals surface area contributed by atoms with Crippen LogP contribution in [0.25, 0.3) is 22.3 Å². The van der Waals surface area contributed by atoms with Crippen LogP contribution in [0.15, 0.2) is 73.1 Å². The molecule has 92 valence electrons. The Morgan fingerprint density at radius 2 is 1.42 bits per heavy atom. The van der Waals surface area contributed by atoms with E-state index >= 15 is 0 Å². The maximum Gasteiger partial charge on any atom is 0.131 e. The molecule has 0 unspecified atom stereocenters. The number of aromatic nitrogens is 1. The number of halogens is 1. The molecule has 0 N–H and O–H groups in total. The van der Waals surface area contributed by atoms with E-state index in [1.807, 2.05) is 54.6 Å². The summed E-state index contributed by atoms with van der Waals surface area (Å²) in [7, 11) is 0. The van der Waals surface area contributed by atoms with E-state index in [2.05, 4.69) is 4.98 Å². The Labute approximate surface area is 111 Å². The fraction of sp³-hybridized carbons (Fsp3) is 0. The second kappa shape index (κ2) is 5.02. The van der Waals surface area contributed by atoms with Crippen LogP contribution >= 0.6 is 0 Å². The van der Waals surface area contributed by atoms with Gasteiger partial charge in [0.2, 0.25) is 0 Å². The van der Waals surface area contributed by atoms with E-state index in [0.717, 1.165) is 16.7 Å². The molecule has 3 rings (SSSR count). The summed E-state index contributed by atoms with van der Waals surface area (Å²) < 4.78 is 14.2. The van der Waals surface area contributed by atoms with Gasteiger partial charge in [0.15, 0.2) is 0 Å². The molecule has 1 nitrogen and oxygen atoms in total. The third-order valence-electron chi connectivity index (χ3n) is 3.07. The third kappa shape index (κ3) is 2.38. The van der Waals surface area contributed by atoms with Crippen molar-refractivity contribution in [2.24, 2.45) is 0 Å². The minimum atomic E-state index is -0.208. The predicted octanol–water partition coefficient (Wildman–Crippen LogP) is 4.55. The summed E-state index contributed by atoms with van der Waals surface area (Å²) in [5.41, 5.74) is 3.34. The van der Waals surface area contributed by atoms with Crippen LogP contribution in [0.2, 0.25) is 0 Å². The zero-order chi connectivity index (χ0) is 13.1. The molecule has 0 radical (unpaired) electrons. The maximum absolute atomic E-state index is 14.2. The number of hydrogen-bond donors (Lipinski definition) is 0. The Morgan fingerprint density at radius 3 is 2.11 bits per heavy atom. The fourth-order valence-electron chi connectivity index (χ4n) is 2.09. The second-order valence-electron chi connectivity index (χ2n) is 4.30. The van der Waals surface area contributed by atoms with Crippen molar-refractivity contribution in [2.75, 3.05) is 0 Å². The van der Waals surface area contributed by atoms with E-state index in [9.17, 15) is 4.39 Å². The monoisotopic (exact) mass is 249 g/mol. The Bertz CT molecular complexity index is 678. The number of hydrogen-bond acceptors (Lipinski definition) is 1. The maximum atomic E-state index is 14.2. The molecule has 0 amide bonds. The highest BCUT2D eigenvalue weighted by molar-refractivity contribution is 5.70. The standard InChI is InChI=1S/C17H12FN/c18-17-12-15(13-8-10-19-11-9-13)6-7-16(17)14-4-2-1-3-5-14/h1-12H. The first-order chi connectivity index (χ1) is 9.34. The summed E-state index contributed by atoms with van der Waals surface area (Å²) in [5.74, 6) is -0.208. The van der Waals surface area contributed by atoms with E-state index in [1.165, 1.54) is 0 Å². The first-order valence-corrected chi connectivity index (χ1v) is 6.10. The lowest BCUT2D eigenvalue weighted by molar-refractivity contribution is 0.632. The highest BCUT2D eigenvalue weighted by Gasteiger charge is 2.06. The number of pyridine rings is 1. The summed E-state index contributed by atoms with van der Waals surface area (Å²) in [6.07, 6.45) is 3.41. The fourth-order valence-corrected chi connectivity index (χ4v) is 2.09. The highest BCUT2D eigenvalue weighted by Crippen LogP contribution is 2.27. The second-order valence-corrected chi connectivity index (χ2v) is 4.30. The van der Waals surface area contributed by atoms with Crippen LogP contribution in [0.4, 0.5) is 4.39 Å². The Kier molecular flexibility index (Phi) is 3.07. The van der Waals surface area contributed by atoms with Crippen molar-refractivity contribution >= 4 is 0 Å². The lowest BCUT2D eigenvalue weighted by atomic mass is 10.0. The average molecular weight is 249 g/mol. The van der Waals surface area contributed by atoms with Crippen molar-refractivity contribution in [3.8, 4) is 22.3 Å². The van der Waals surface area contributed by atoms with E-state index < -0.39 is 0 Å². The third-order valence-corrected chi connectivity index (χ3v) is 3.07. The molecule has 1 aromatic heterocycles. The molecular formula is C17H12FN. The van der Waals surface area contributed by atoms with Gasteiger partial charge in [-0.3, -0.25) is 4.98 Å². The first-order valence-electron chi connectivity index (χ1n) is 6.10. The highest BCUT2D eigenvalue weighted by atomic mass is 19.1. The molecule has 1 heterocycles. The van der Waals surface area contributed by atoms with Crippen LogP contribution in [0, 0.1) is 5.82 Å². The van der Waals surface area contributed by atoms with Gasteiger partial charge in [0.1, 0.15) is 5.82 Å². The molecule has 0 fully saturated rings. The summed E-state index contributed by atoms with van der Waals surface area (Å²) in [6, 6.07) is 18.6. The van der Waals surface area contributed by atoms with Crippen molar-refractivity contribution in [1.29, 1.82) is 0 Å². The zero-order valence-corrected chi connectivity index (χ0v) is 10.3. The van der Waals surface area contributed by atoms with E-state index in [-0.39, 0.29) is 5.82 Å². The van der Waals surface area contributed by atoms with Crippen molar-refractivity contribution in [3.05, 3.63) is 78.9 Å². The minimum Gasteiger partial charge on any atom is -0.265 e. The predicted molar refractivity (Wildman–Crippen MR) is 75.1 cm³/mol. The van der Waals surface area contributed by atoms with Gasteiger partial charge in [0.25, 0.3) is 0 Å². The van der Waals surface area contributed by atoms with Crippen molar-refractivity contribution in [1.82, 2.24) is 4.98 Å². The number of nitrogens with zero attached hydrogens (tertiary/aromatic N) is 1. The van der Waals surface area contributed by atoms with Gasteiger partial charge in [-0.05, 0) is 34.9 Å². The number of rotatable bonds is 2. The molecule has 0 atom stereocenters. The molecule has 0 saturated heterocycles. The molecule has 2 heteroatoms. The smallest absolute Gasteiger partial charge is 0.131 e. The molecule has 0 saturated carbocycles. The number of benzene rings is 2. The van der Waals surface area contributed by atoms with Gasteiger partial charge in [-0.2, -0.15) is 0 Å². The van der Waals surface area contributed by atoms with Gasteiger partial charge < -0.3 is 0 Å². The quantitative estimate of drug-likeness (QED) is 0.649. The summed E-state index contributed by atoms with van der Waals surface area (Å²) >= 11 is 0. The van der Waals surface area contributed by atoms with Crippen LogP contribution in [0.5, 0.6) is 0 Å². The largest absolute Gasteiger partial charge is 0.265 e. The molecule has 0 aliphatic heterocycles. The molecule has 0 spiro atoms. The Morgan fingerprint density at radius 1 is 0.684 bits per heavy atom. The lowest BCUT2D eigenvalue weighted by Gasteiger charge is -2.06. The molecule has 2 aromatic carbocycles. The Hall–Kier alpha value is -2.48. The SMILES string of the molecule is Fc1cc(-c2ccncc2)ccc1-c1ccccc1. The van der Waals surface area contributed by atoms with E-state index in [0.29, 0.717) is 5.56 Å². The molecule has 0 aliphatic rings. The minimum absolute atomic E-state index is 0.208. The first kappa shape index (κ1) is 11.6. The lowest BCUT2D eigenvalue weighted by Crippen LogP contribution is -1.86. The van der Waals surface area contributed by atoms with Crippen LogP contribution in [-0.2, 0) is 0 Å². The van der Waals surface area contributed by atoms with Gasteiger partial charge in [-0.25, -0.2) is 4.39 Å². The van der Waals surface area contributed by atoms with Crippen molar-refractivity contribution in [2.45, 2.75) is 0 Å². The van der Waals surface area contributed by atoms with E-state index in [4.69, 9.17) is 0 Å². The van der Waals surface area contributed by atoms with Gasteiger partial charge in [0, 0.05) is 18.0 Å². The van der Waals surface area contributed by atoms with Crippen molar-refractivity contribution in [3.63, 3.8) is 0 Å². The van der Waals surface area contributed by atoms with Crippen LogP contribution in [0.1, 0.15) is 0 Å². The molecule has 3 aromatic rings. The molecular weight excluding hydrogens is 237 g/mol. The van der Waals surface area contributed by atoms with Gasteiger partial charge in [-0.15, -0.1) is 0 Å². The van der Waals surface area contributed by atoms with Gasteiger partial charge >= 0.3 is 0 Å². The summed E-state index contributed by atoms with van der Waals surface area (Å²) in [4.78, 5) is 3.96. The van der Waals surface area contributed by atoms with Gasteiger partial charge in [-0.1, -0.05) is 42.5 Å². The molecule has 0 aliphatic carbocycles. The molecule has 19 heavy (non-hydrogen) atoms.